The maximum absolute atomic E-state index is 10.1. The molecule has 1 aliphatic carbocycles. The molecule has 0 spiro atoms. The smallest absolute Gasteiger partial charge is 0.0648 e. The van der Waals surface area contributed by atoms with E-state index in [0.717, 1.165) is 38.5 Å². The van der Waals surface area contributed by atoms with Gasteiger partial charge in [0.25, 0.3) is 0 Å². The Hall–Kier alpha value is -0.0800. The highest BCUT2D eigenvalue weighted by Gasteiger charge is 2.26. The van der Waals surface area contributed by atoms with Gasteiger partial charge in [-0.05, 0) is 25.7 Å². The summed E-state index contributed by atoms with van der Waals surface area (Å²) in [5.74, 6) is 0. The number of rotatable bonds is 3. The molecular weight excluding hydrogens is 152 g/mol. The zero-order valence-corrected chi connectivity index (χ0v) is 7.76. The molecule has 0 radical (unpaired) electrons. The fourth-order valence-electron chi connectivity index (χ4n) is 2.04. The van der Waals surface area contributed by atoms with E-state index >= 15 is 0 Å². The summed E-state index contributed by atoms with van der Waals surface area (Å²) < 4.78 is 0. The van der Waals surface area contributed by atoms with Crippen molar-refractivity contribution in [2.75, 3.05) is 6.61 Å². The molecule has 0 aliphatic heterocycles. The van der Waals surface area contributed by atoms with Crippen LogP contribution in [0.3, 0.4) is 0 Å². The van der Waals surface area contributed by atoms with Crippen LogP contribution >= 0.6 is 0 Å². The lowest BCUT2D eigenvalue weighted by atomic mass is 9.90. The molecule has 2 nitrogen and oxygen atoms in total. The molecule has 0 bridgehead atoms. The van der Waals surface area contributed by atoms with Crippen LogP contribution in [-0.2, 0) is 0 Å². The lowest BCUT2D eigenvalue weighted by Crippen LogP contribution is -2.27. The molecular formula is C10H20O2. The molecule has 1 fully saturated rings. The molecule has 1 aliphatic rings. The Balaban J connectivity index is 2.32. The molecule has 0 saturated heterocycles. The van der Waals surface area contributed by atoms with E-state index in [0.29, 0.717) is 0 Å². The lowest BCUT2D eigenvalue weighted by molar-refractivity contribution is 0.0106. The van der Waals surface area contributed by atoms with Crippen LogP contribution in [0, 0.1) is 0 Å². The summed E-state index contributed by atoms with van der Waals surface area (Å²) in [5, 5.41) is 18.7. The van der Waals surface area contributed by atoms with Crippen molar-refractivity contribution in [3.63, 3.8) is 0 Å². The Labute approximate surface area is 74.6 Å². The largest absolute Gasteiger partial charge is 0.396 e. The van der Waals surface area contributed by atoms with Gasteiger partial charge in [-0.2, -0.15) is 0 Å². The van der Waals surface area contributed by atoms with Crippen LogP contribution in [0.15, 0.2) is 0 Å². The monoisotopic (exact) mass is 172 g/mol. The van der Waals surface area contributed by atoms with Crippen LogP contribution in [-0.4, -0.2) is 22.4 Å². The van der Waals surface area contributed by atoms with Crippen molar-refractivity contribution in [2.45, 2.75) is 57.0 Å². The normalized spacial score (nSPS) is 23.5. The summed E-state index contributed by atoms with van der Waals surface area (Å²) >= 11 is 0. The second kappa shape index (κ2) is 4.83. The summed E-state index contributed by atoms with van der Waals surface area (Å²) in [4.78, 5) is 0. The van der Waals surface area contributed by atoms with E-state index in [1.54, 1.807) is 0 Å². The van der Waals surface area contributed by atoms with Crippen LogP contribution < -0.4 is 0 Å². The molecule has 72 valence electrons. The van der Waals surface area contributed by atoms with Crippen LogP contribution in [0.2, 0.25) is 0 Å². The predicted molar refractivity (Wildman–Crippen MR) is 49.0 cm³/mol. The third-order valence-corrected chi connectivity index (χ3v) is 2.83. The zero-order valence-electron chi connectivity index (χ0n) is 7.76. The lowest BCUT2D eigenvalue weighted by Gasteiger charge is -2.26. The molecule has 1 saturated carbocycles. The van der Waals surface area contributed by atoms with Gasteiger partial charge >= 0.3 is 0 Å². The molecule has 2 N–H and O–H groups in total. The van der Waals surface area contributed by atoms with Gasteiger partial charge in [0.05, 0.1) is 5.60 Å². The fraction of sp³-hybridized carbons (Fsp3) is 1.00. The highest BCUT2D eigenvalue weighted by atomic mass is 16.3. The van der Waals surface area contributed by atoms with Gasteiger partial charge in [0.1, 0.15) is 0 Å². The minimum atomic E-state index is -0.445. The van der Waals surface area contributed by atoms with E-state index in [-0.39, 0.29) is 6.61 Å². The fourth-order valence-corrected chi connectivity index (χ4v) is 2.04. The molecule has 12 heavy (non-hydrogen) atoms. The Bertz CT molecular complexity index is 115. The Morgan fingerprint density at radius 1 is 1.00 bits per heavy atom. The van der Waals surface area contributed by atoms with Gasteiger partial charge in [-0.15, -0.1) is 0 Å². The van der Waals surface area contributed by atoms with Gasteiger partial charge in [-0.25, -0.2) is 0 Å². The van der Waals surface area contributed by atoms with Crippen LogP contribution in [0.5, 0.6) is 0 Å². The average molecular weight is 172 g/mol. The third kappa shape index (κ3) is 3.11. The first-order valence-corrected chi connectivity index (χ1v) is 5.10. The van der Waals surface area contributed by atoms with E-state index in [1.165, 1.54) is 12.8 Å². The van der Waals surface area contributed by atoms with Crippen molar-refractivity contribution < 1.29 is 10.2 Å². The Morgan fingerprint density at radius 2 is 1.58 bits per heavy atom. The molecule has 2 heteroatoms. The van der Waals surface area contributed by atoms with Crippen LogP contribution in [0.4, 0.5) is 0 Å². The van der Waals surface area contributed by atoms with Crippen molar-refractivity contribution in [1.82, 2.24) is 0 Å². The number of aliphatic hydroxyl groups excluding tert-OH is 1. The summed E-state index contributed by atoms with van der Waals surface area (Å²) in [6, 6.07) is 0. The molecule has 0 aromatic heterocycles. The van der Waals surface area contributed by atoms with Gasteiger partial charge in [0, 0.05) is 6.61 Å². The summed E-state index contributed by atoms with van der Waals surface area (Å²) in [7, 11) is 0. The number of hydrogen-bond donors (Lipinski definition) is 2. The summed E-state index contributed by atoms with van der Waals surface area (Å²) in [6.45, 7) is 0.211. The van der Waals surface area contributed by atoms with Gasteiger partial charge in [0.2, 0.25) is 0 Å². The quantitative estimate of drug-likeness (QED) is 0.638. The predicted octanol–water partition coefficient (Wildman–Crippen LogP) is 1.84. The third-order valence-electron chi connectivity index (χ3n) is 2.83. The topological polar surface area (TPSA) is 40.5 Å². The maximum atomic E-state index is 10.1. The first kappa shape index (κ1) is 10.0. The van der Waals surface area contributed by atoms with Gasteiger partial charge in [0.15, 0.2) is 0 Å². The minimum Gasteiger partial charge on any atom is -0.396 e. The second-order valence-corrected chi connectivity index (χ2v) is 3.97. The minimum absolute atomic E-state index is 0.211. The van der Waals surface area contributed by atoms with Gasteiger partial charge < -0.3 is 10.2 Å². The highest BCUT2D eigenvalue weighted by molar-refractivity contribution is 4.80. The van der Waals surface area contributed by atoms with Crippen molar-refractivity contribution in [3.8, 4) is 0 Å². The molecule has 0 atom stereocenters. The molecule has 0 amide bonds. The average Bonchev–Trinajstić information content (AvgIpc) is 2.27. The first-order chi connectivity index (χ1) is 5.77. The summed E-state index contributed by atoms with van der Waals surface area (Å²) in [5.41, 5.74) is -0.445. The Morgan fingerprint density at radius 3 is 2.08 bits per heavy atom. The van der Waals surface area contributed by atoms with E-state index in [4.69, 9.17) is 5.11 Å². The highest BCUT2D eigenvalue weighted by Crippen LogP contribution is 2.30. The standard InChI is InChI=1S/C10H20O2/c11-9-5-8-10(12)6-3-1-2-4-7-10/h11-12H,1-9H2. The molecule has 0 aromatic carbocycles. The first-order valence-electron chi connectivity index (χ1n) is 5.10. The van der Waals surface area contributed by atoms with E-state index < -0.39 is 5.60 Å². The van der Waals surface area contributed by atoms with Crippen molar-refractivity contribution >= 4 is 0 Å². The van der Waals surface area contributed by atoms with Crippen LogP contribution in [0.1, 0.15) is 51.4 Å². The zero-order chi connectivity index (χ0) is 8.86. The van der Waals surface area contributed by atoms with Crippen molar-refractivity contribution in [1.29, 1.82) is 0 Å². The van der Waals surface area contributed by atoms with Crippen molar-refractivity contribution in [2.24, 2.45) is 0 Å². The maximum Gasteiger partial charge on any atom is 0.0648 e. The van der Waals surface area contributed by atoms with E-state index in [1.807, 2.05) is 0 Å². The molecule has 0 aromatic rings. The van der Waals surface area contributed by atoms with Gasteiger partial charge in [-0.1, -0.05) is 25.7 Å². The Kier molecular flexibility index (Phi) is 4.02. The van der Waals surface area contributed by atoms with Gasteiger partial charge in [-0.3, -0.25) is 0 Å². The number of hydrogen-bond acceptors (Lipinski definition) is 2. The molecule has 1 rings (SSSR count). The SMILES string of the molecule is OCCCC1(O)CCCCCC1. The molecule has 0 unspecified atom stereocenters. The van der Waals surface area contributed by atoms with Crippen LogP contribution in [0.25, 0.3) is 0 Å². The summed E-state index contributed by atoms with van der Waals surface area (Å²) in [6.07, 6.45) is 8.24. The van der Waals surface area contributed by atoms with E-state index in [9.17, 15) is 5.11 Å². The molecule has 0 heterocycles. The van der Waals surface area contributed by atoms with Crippen molar-refractivity contribution in [3.05, 3.63) is 0 Å². The number of aliphatic hydroxyl groups is 2. The van der Waals surface area contributed by atoms with E-state index in [2.05, 4.69) is 0 Å². The second-order valence-electron chi connectivity index (χ2n) is 3.97.